The van der Waals surface area contributed by atoms with Crippen LogP contribution >= 0.6 is 0 Å². The molecule has 0 atom stereocenters. The van der Waals surface area contributed by atoms with E-state index in [1.165, 1.54) is 13.0 Å². The number of nitrogens with two attached hydrogens (primary N) is 1. The lowest BCUT2D eigenvalue weighted by Crippen LogP contribution is -2.16. The van der Waals surface area contributed by atoms with Gasteiger partial charge in [0.1, 0.15) is 5.82 Å². The second-order valence-electron chi connectivity index (χ2n) is 5.88. The molecule has 0 aliphatic carbocycles. The number of aryl methyl sites for hydroxylation is 1. The monoisotopic (exact) mass is 352 g/mol. The fourth-order valence-electron chi connectivity index (χ4n) is 2.54. The van der Waals surface area contributed by atoms with Gasteiger partial charge in [0.25, 0.3) is 5.91 Å². The fraction of sp³-hybridized carbons (Fsp3) is 0.105. The highest BCUT2D eigenvalue weighted by atomic mass is 19.1. The summed E-state index contributed by atoms with van der Waals surface area (Å²) in [6.07, 6.45) is 1.69. The minimum Gasteiger partial charge on any atom is -0.366 e. The third-order valence-corrected chi connectivity index (χ3v) is 4.08. The first kappa shape index (κ1) is 17.3. The molecule has 1 heterocycles. The molecular weight excluding hydrogens is 335 g/mol. The standard InChI is InChI=1S/C19H17FN4O2/c1-11-7-8-22-24(11)15-5-3-13(4-6-15)19(26)23-17-10-14(18(21)25)9-16(20)12(17)2/h3-10H,1-2H3,(H2,21,25)(H,23,26). The Morgan fingerprint density at radius 1 is 1.08 bits per heavy atom. The molecule has 3 N–H and O–H groups in total. The van der Waals surface area contributed by atoms with Gasteiger partial charge < -0.3 is 11.1 Å². The van der Waals surface area contributed by atoms with E-state index in [9.17, 15) is 14.0 Å². The third-order valence-electron chi connectivity index (χ3n) is 4.08. The van der Waals surface area contributed by atoms with Gasteiger partial charge in [-0.1, -0.05) is 0 Å². The van der Waals surface area contributed by atoms with Crippen LogP contribution in [0.1, 0.15) is 32.0 Å². The van der Waals surface area contributed by atoms with Crippen molar-refractivity contribution in [3.05, 3.63) is 76.9 Å². The lowest BCUT2D eigenvalue weighted by Gasteiger charge is -2.11. The molecule has 0 bridgehead atoms. The number of primary amides is 1. The lowest BCUT2D eigenvalue weighted by molar-refractivity contribution is 0.0995. The number of benzene rings is 2. The Bertz CT molecular complexity index is 993. The smallest absolute Gasteiger partial charge is 0.255 e. The molecule has 0 saturated heterocycles. The molecule has 0 aliphatic heterocycles. The molecule has 0 saturated carbocycles. The third kappa shape index (κ3) is 3.32. The van der Waals surface area contributed by atoms with E-state index in [2.05, 4.69) is 10.4 Å². The number of carbonyl (C=O) groups is 2. The maximum absolute atomic E-state index is 13.9. The Labute approximate surface area is 149 Å². The van der Waals surface area contributed by atoms with Crippen LogP contribution in [0.3, 0.4) is 0 Å². The molecule has 132 valence electrons. The van der Waals surface area contributed by atoms with E-state index in [1.807, 2.05) is 13.0 Å². The number of aromatic nitrogens is 2. The molecule has 0 aliphatic rings. The Hall–Kier alpha value is -3.48. The molecule has 3 aromatic rings. The zero-order valence-electron chi connectivity index (χ0n) is 14.3. The SMILES string of the molecule is Cc1c(F)cc(C(N)=O)cc1NC(=O)c1ccc(-n2nccc2C)cc1. The van der Waals surface area contributed by atoms with Crippen molar-refractivity contribution in [2.75, 3.05) is 5.32 Å². The number of nitrogens with one attached hydrogen (secondary N) is 1. The van der Waals surface area contributed by atoms with Crippen molar-refractivity contribution in [3.63, 3.8) is 0 Å². The Balaban J connectivity index is 1.85. The van der Waals surface area contributed by atoms with Crippen LogP contribution in [0.5, 0.6) is 0 Å². The number of amides is 2. The van der Waals surface area contributed by atoms with Crippen LogP contribution in [-0.2, 0) is 0 Å². The number of rotatable bonds is 4. The van der Waals surface area contributed by atoms with Crippen LogP contribution in [-0.4, -0.2) is 21.6 Å². The summed E-state index contributed by atoms with van der Waals surface area (Å²) in [6, 6.07) is 11.1. The Kier molecular flexibility index (Phi) is 4.53. The number of anilines is 1. The highest BCUT2D eigenvalue weighted by molar-refractivity contribution is 6.05. The lowest BCUT2D eigenvalue weighted by atomic mass is 10.1. The maximum atomic E-state index is 13.9. The average molecular weight is 352 g/mol. The van der Waals surface area contributed by atoms with E-state index in [0.717, 1.165) is 17.4 Å². The molecule has 6 nitrogen and oxygen atoms in total. The van der Waals surface area contributed by atoms with Crippen LogP contribution in [0, 0.1) is 19.7 Å². The summed E-state index contributed by atoms with van der Waals surface area (Å²) in [5.41, 5.74) is 7.80. The van der Waals surface area contributed by atoms with Gasteiger partial charge in [-0.05, 0) is 56.3 Å². The first-order valence-corrected chi connectivity index (χ1v) is 7.89. The summed E-state index contributed by atoms with van der Waals surface area (Å²) in [6.45, 7) is 3.44. The summed E-state index contributed by atoms with van der Waals surface area (Å²) in [4.78, 5) is 23.7. The van der Waals surface area contributed by atoms with Crippen molar-refractivity contribution in [3.8, 4) is 5.69 Å². The topological polar surface area (TPSA) is 90.0 Å². The molecule has 2 aromatic carbocycles. The minimum absolute atomic E-state index is 0.00657. The predicted molar refractivity (Wildman–Crippen MR) is 95.9 cm³/mol. The van der Waals surface area contributed by atoms with Gasteiger partial charge in [0.2, 0.25) is 5.91 Å². The van der Waals surface area contributed by atoms with Crippen molar-refractivity contribution >= 4 is 17.5 Å². The summed E-state index contributed by atoms with van der Waals surface area (Å²) in [5, 5.41) is 6.83. The quantitative estimate of drug-likeness (QED) is 0.756. The molecule has 0 unspecified atom stereocenters. The molecule has 1 aromatic heterocycles. The number of carbonyl (C=O) groups excluding carboxylic acids is 2. The predicted octanol–water partition coefficient (Wildman–Crippen LogP) is 2.98. The van der Waals surface area contributed by atoms with Crippen molar-refractivity contribution in [2.45, 2.75) is 13.8 Å². The second-order valence-corrected chi connectivity index (χ2v) is 5.88. The minimum atomic E-state index is -0.765. The Morgan fingerprint density at radius 3 is 2.35 bits per heavy atom. The largest absolute Gasteiger partial charge is 0.366 e. The van der Waals surface area contributed by atoms with Crippen LogP contribution in [0.4, 0.5) is 10.1 Å². The van der Waals surface area contributed by atoms with Gasteiger partial charge in [0, 0.05) is 34.3 Å². The van der Waals surface area contributed by atoms with Crippen LogP contribution < -0.4 is 11.1 Å². The van der Waals surface area contributed by atoms with Gasteiger partial charge >= 0.3 is 0 Å². The van der Waals surface area contributed by atoms with Crippen LogP contribution in [0.2, 0.25) is 0 Å². The highest BCUT2D eigenvalue weighted by Gasteiger charge is 2.14. The van der Waals surface area contributed by atoms with Gasteiger partial charge in [-0.3, -0.25) is 9.59 Å². The molecule has 0 fully saturated rings. The zero-order valence-corrected chi connectivity index (χ0v) is 14.3. The normalized spacial score (nSPS) is 10.6. The summed E-state index contributed by atoms with van der Waals surface area (Å²) in [7, 11) is 0. The summed E-state index contributed by atoms with van der Waals surface area (Å²) < 4.78 is 15.7. The highest BCUT2D eigenvalue weighted by Crippen LogP contribution is 2.22. The van der Waals surface area contributed by atoms with Crippen molar-refractivity contribution < 1.29 is 14.0 Å². The Morgan fingerprint density at radius 2 is 1.77 bits per heavy atom. The van der Waals surface area contributed by atoms with Crippen LogP contribution in [0.25, 0.3) is 5.69 Å². The van der Waals surface area contributed by atoms with E-state index in [-0.39, 0.29) is 16.8 Å². The first-order valence-electron chi connectivity index (χ1n) is 7.89. The molecule has 0 radical (unpaired) electrons. The number of hydrogen-bond donors (Lipinski definition) is 2. The van der Waals surface area contributed by atoms with Gasteiger partial charge in [-0.25, -0.2) is 9.07 Å². The number of halogens is 1. The molecule has 0 spiro atoms. The fourth-order valence-corrected chi connectivity index (χ4v) is 2.54. The number of hydrogen-bond acceptors (Lipinski definition) is 3. The van der Waals surface area contributed by atoms with E-state index >= 15 is 0 Å². The second kappa shape index (κ2) is 6.79. The van der Waals surface area contributed by atoms with E-state index in [1.54, 1.807) is 35.1 Å². The van der Waals surface area contributed by atoms with Gasteiger partial charge in [0.15, 0.2) is 0 Å². The van der Waals surface area contributed by atoms with Crippen LogP contribution in [0.15, 0.2) is 48.7 Å². The first-order chi connectivity index (χ1) is 12.4. The van der Waals surface area contributed by atoms with Gasteiger partial charge in [0.05, 0.1) is 5.69 Å². The summed E-state index contributed by atoms with van der Waals surface area (Å²) in [5.74, 6) is -1.79. The summed E-state index contributed by atoms with van der Waals surface area (Å²) >= 11 is 0. The molecular formula is C19H17FN4O2. The molecule has 3 rings (SSSR count). The zero-order chi connectivity index (χ0) is 18.8. The van der Waals surface area contributed by atoms with Crippen molar-refractivity contribution in [2.24, 2.45) is 5.73 Å². The average Bonchev–Trinajstić information content (AvgIpc) is 3.04. The van der Waals surface area contributed by atoms with Crippen molar-refractivity contribution in [1.82, 2.24) is 9.78 Å². The molecule has 26 heavy (non-hydrogen) atoms. The van der Waals surface area contributed by atoms with Gasteiger partial charge in [-0.2, -0.15) is 5.10 Å². The van der Waals surface area contributed by atoms with Gasteiger partial charge in [-0.15, -0.1) is 0 Å². The van der Waals surface area contributed by atoms with E-state index in [4.69, 9.17) is 5.73 Å². The van der Waals surface area contributed by atoms with E-state index in [0.29, 0.717) is 5.56 Å². The maximum Gasteiger partial charge on any atom is 0.255 e. The van der Waals surface area contributed by atoms with Crippen molar-refractivity contribution in [1.29, 1.82) is 0 Å². The van der Waals surface area contributed by atoms with E-state index < -0.39 is 17.6 Å². The number of nitrogens with zero attached hydrogens (tertiary/aromatic N) is 2. The molecule has 2 amide bonds. The molecule has 7 heteroatoms.